The maximum absolute atomic E-state index is 8.89. The first-order valence-corrected chi connectivity index (χ1v) is 2.69. The number of ether oxygens (including phenoxy) is 1. The van der Waals surface area contributed by atoms with Crippen molar-refractivity contribution >= 4 is 5.97 Å². The fourth-order valence-corrected chi connectivity index (χ4v) is 0.144. The Morgan fingerprint density at radius 3 is 2.00 bits per heavy atom. The zero-order valence-corrected chi connectivity index (χ0v) is 12.1. The number of aliphatic carboxylic acids is 1. The fraction of sp³-hybridized carbons (Fsp3) is 0.667. The van der Waals surface area contributed by atoms with Crippen LogP contribution in [0.5, 0.6) is 0 Å². The molecule has 0 aliphatic carbocycles. The molecule has 2 radical (unpaired) electrons. The predicted molar refractivity (Wildman–Crippen MR) is 32.5 cm³/mol. The molecule has 0 bridgehead atoms. The van der Waals surface area contributed by atoms with Gasteiger partial charge in [0, 0.05) is 19.2 Å². The van der Waals surface area contributed by atoms with E-state index in [0.29, 0.717) is 6.61 Å². The third-order valence-electron chi connectivity index (χ3n) is 0.348. The molecule has 0 spiro atoms. The Morgan fingerprint density at radius 2 is 2.00 bits per heavy atom. The molecule has 0 rings (SSSR count). The molecule has 4 heteroatoms. The van der Waals surface area contributed by atoms with E-state index in [0.717, 1.165) is 13.5 Å². The maximum atomic E-state index is 8.89. The van der Waals surface area contributed by atoms with E-state index < -0.39 is 5.97 Å². The van der Waals surface area contributed by atoms with Gasteiger partial charge in [0.25, 0.3) is 0 Å². The molecular formula is C6H12HgO3. The van der Waals surface area contributed by atoms with Gasteiger partial charge in [-0.3, -0.25) is 0 Å². The first kappa shape index (κ1) is 16.8. The van der Waals surface area contributed by atoms with Gasteiger partial charge in [-0.05, 0) is 20.8 Å². The number of carbonyl (C=O) groups excluding carboxylic acids is 1. The minimum atomic E-state index is -1.08. The van der Waals surface area contributed by atoms with Gasteiger partial charge in [0.15, 0.2) is 0 Å². The predicted octanol–water partition coefficient (Wildman–Crippen LogP) is -0.389. The summed E-state index contributed by atoms with van der Waals surface area (Å²) in [6, 6.07) is 0. The zero-order chi connectivity index (χ0) is 7.70. The van der Waals surface area contributed by atoms with E-state index in [1.165, 1.54) is 0 Å². The van der Waals surface area contributed by atoms with Crippen molar-refractivity contribution in [3.05, 3.63) is 6.92 Å². The van der Waals surface area contributed by atoms with Crippen LogP contribution in [0.2, 0.25) is 0 Å². The van der Waals surface area contributed by atoms with E-state index in [4.69, 9.17) is 14.6 Å². The number of carboxylic acid groups (broad SMARTS) is 1. The second kappa shape index (κ2) is 16.2. The molecule has 0 aromatic carbocycles. The number of carboxylic acids is 1. The summed E-state index contributed by atoms with van der Waals surface area (Å²) in [6.45, 7) is 7.75. The van der Waals surface area contributed by atoms with Gasteiger partial charge in [0.05, 0.1) is 0 Å². The van der Waals surface area contributed by atoms with Crippen LogP contribution in [0.1, 0.15) is 13.8 Å². The minimum Gasteiger partial charge on any atom is -0.550 e. The van der Waals surface area contributed by atoms with Crippen LogP contribution in [0, 0.1) is 6.92 Å². The van der Waals surface area contributed by atoms with Gasteiger partial charge in [0.1, 0.15) is 0 Å². The molecule has 0 aliphatic rings. The Hall–Kier alpha value is 0.365. The molecule has 3 nitrogen and oxygen atoms in total. The first-order valence-electron chi connectivity index (χ1n) is 2.69. The van der Waals surface area contributed by atoms with Crippen LogP contribution in [0.3, 0.4) is 0 Å². The van der Waals surface area contributed by atoms with Gasteiger partial charge in [-0.1, -0.05) is 0 Å². The average molecular weight is 333 g/mol. The molecule has 0 fully saturated rings. The second-order valence-electron chi connectivity index (χ2n) is 1.19. The van der Waals surface area contributed by atoms with Gasteiger partial charge >= 0.3 is 27.7 Å². The van der Waals surface area contributed by atoms with Crippen LogP contribution >= 0.6 is 0 Å². The Balaban J connectivity index is -0.0000000910. The quantitative estimate of drug-likeness (QED) is 0.647. The molecule has 0 N–H and O–H groups in total. The van der Waals surface area contributed by atoms with E-state index in [2.05, 4.69) is 6.92 Å². The van der Waals surface area contributed by atoms with Crippen molar-refractivity contribution in [3.63, 3.8) is 0 Å². The Morgan fingerprint density at radius 1 is 1.70 bits per heavy atom. The summed E-state index contributed by atoms with van der Waals surface area (Å²) in [5.74, 6) is -1.08. The normalized spacial score (nSPS) is 6.70. The van der Waals surface area contributed by atoms with Crippen molar-refractivity contribution in [2.24, 2.45) is 0 Å². The van der Waals surface area contributed by atoms with Crippen LogP contribution in [-0.4, -0.2) is 19.2 Å². The molecule has 0 heterocycles. The van der Waals surface area contributed by atoms with Crippen molar-refractivity contribution in [1.29, 1.82) is 0 Å². The Bertz CT molecular complexity index is 60.0. The molecule has 56 valence electrons. The maximum Gasteiger partial charge on any atom is 1.00 e. The van der Waals surface area contributed by atoms with Crippen molar-refractivity contribution < 1.29 is 42.3 Å². The second-order valence-corrected chi connectivity index (χ2v) is 1.19. The topological polar surface area (TPSA) is 49.4 Å². The van der Waals surface area contributed by atoms with Crippen LogP contribution in [-0.2, 0) is 37.2 Å². The van der Waals surface area contributed by atoms with E-state index in [9.17, 15) is 0 Å². The fourth-order valence-electron chi connectivity index (χ4n) is 0.144. The number of carbonyl (C=O) groups is 1. The smallest absolute Gasteiger partial charge is 0.550 e. The summed E-state index contributed by atoms with van der Waals surface area (Å²) in [5.41, 5.74) is 0. The van der Waals surface area contributed by atoms with Crippen LogP contribution < -0.4 is 5.11 Å². The summed E-state index contributed by atoms with van der Waals surface area (Å²) in [4.78, 5) is 8.89. The van der Waals surface area contributed by atoms with Crippen molar-refractivity contribution in [3.8, 4) is 0 Å². The van der Waals surface area contributed by atoms with Crippen molar-refractivity contribution in [2.75, 3.05) is 13.2 Å². The summed E-state index contributed by atoms with van der Waals surface area (Å²) >= 11 is 0. The molecule has 0 amide bonds. The van der Waals surface area contributed by atoms with Gasteiger partial charge < -0.3 is 14.6 Å². The first-order chi connectivity index (χ1) is 4.15. The third kappa shape index (κ3) is 81.1. The number of hydrogen-bond donors (Lipinski definition) is 0. The molecular weight excluding hydrogens is 321 g/mol. The average Bonchev–Trinajstić information content (AvgIpc) is 1.66. The summed E-state index contributed by atoms with van der Waals surface area (Å²) in [7, 11) is 0. The summed E-state index contributed by atoms with van der Waals surface area (Å²) < 4.78 is 4.72. The van der Waals surface area contributed by atoms with E-state index in [1.807, 2.05) is 6.92 Å². The molecule has 0 atom stereocenters. The van der Waals surface area contributed by atoms with E-state index in [-0.39, 0.29) is 27.7 Å². The zero-order valence-electron chi connectivity index (χ0n) is 6.55. The largest absolute Gasteiger partial charge is 1.00 e. The molecule has 0 unspecified atom stereocenters. The van der Waals surface area contributed by atoms with Crippen LogP contribution in [0.4, 0.5) is 0 Å². The Labute approximate surface area is 82.3 Å². The van der Waals surface area contributed by atoms with Crippen molar-refractivity contribution in [2.45, 2.75) is 13.8 Å². The number of rotatable bonds is 2. The van der Waals surface area contributed by atoms with Gasteiger partial charge in [-0.15, -0.1) is 0 Å². The minimum absolute atomic E-state index is 0. The van der Waals surface area contributed by atoms with Gasteiger partial charge in [0.2, 0.25) is 0 Å². The molecule has 0 saturated heterocycles. The summed E-state index contributed by atoms with van der Waals surface area (Å²) in [6.07, 6.45) is 0. The van der Waals surface area contributed by atoms with E-state index in [1.54, 1.807) is 0 Å². The molecule has 0 saturated carbocycles. The molecule has 0 aromatic heterocycles. The van der Waals surface area contributed by atoms with E-state index >= 15 is 0 Å². The van der Waals surface area contributed by atoms with Crippen LogP contribution in [0.25, 0.3) is 0 Å². The standard InChI is InChI=1S/C4H9O.C2H4O2.Hg/c1-3-5-4-2;1-2(3)4;/h1,3-4H2,2H3;1H3,(H,3,4);/q;;+1/p-1. The SMILES string of the molecule is CC(=O)[O-].[CH2]COCC.[Hg+]. The molecule has 10 heavy (non-hydrogen) atoms. The number of hydrogen-bond acceptors (Lipinski definition) is 3. The molecule has 0 aliphatic heterocycles. The monoisotopic (exact) mass is 334 g/mol. The Kier molecular flexibility index (Phi) is 27.1. The van der Waals surface area contributed by atoms with Gasteiger partial charge in [-0.2, -0.15) is 0 Å². The van der Waals surface area contributed by atoms with Crippen molar-refractivity contribution in [1.82, 2.24) is 0 Å². The van der Waals surface area contributed by atoms with Gasteiger partial charge in [-0.25, -0.2) is 0 Å². The molecule has 0 aromatic rings. The summed E-state index contributed by atoms with van der Waals surface area (Å²) in [5, 5.41) is 8.89. The van der Waals surface area contributed by atoms with Crippen LogP contribution in [0.15, 0.2) is 0 Å². The third-order valence-corrected chi connectivity index (χ3v) is 0.348.